The van der Waals surface area contributed by atoms with Gasteiger partial charge in [0.2, 0.25) is 0 Å². The lowest BCUT2D eigenvalue weighted by molar-refractivity contribution is -0.231. The third-order valence-electron chi connectivity index (χ3n) is 5.53. The number of halogens is 1. The average molecular weight is 406 g/mol. The molecule has 0 bridgehead atoms. The number of hydrogen-bond donors (Lipinski definition) is 4. The predicted molar refractivity (Wildman–Crippen MR) is 105 cm³/mol. The van der Waals surface area contributed by atoms with Crippen LogP contribution in [0.1, 0.15) is 48.5 Å². The van der Waals surface area contributed by atoms with E-state index in [0.717, 1.165) is 11.1 Å². The van der Waals surface area contributed by atoms with Gasteiger partial charge in [-0.25, -0.2) is 0 Å². The maximum atomic E-state index is 10.4. The van der Waals surface area contributed by atoms with Crippen molar-refractivity contribution in [2.75, 3.05) is 6.61 Å². The molecule has 0 unspecified atom stereocenters. The molecular formula is C22H25ClO5. The molecule has 6 heteroatoms. The standard InChI is InChI=1S/C22H25ClO5/c23-17-8-7-15(22-21(27)20(26)19(25)18(11-24)28-22)10-16(17)9-12-1-3-13(4-2-12)14-5-6-14/h1-4,7-8,10,14,18-22,24-27H,5-6,9,11H2/t18-,19-,20+,21-,22+/m1/s1/i22D. The highest BCUT2D eigenvalue weighted by Crippen LogP contribution is 2.40. The Bertz CT molecular complexity index is 870. The normalized spacial score (nSPS) is 33.5. The number of rotatable bonds is 5. The van der Waals surface area contributed by atoms with Crippen molar-refractivity contribution in [3.8, 4) is 0 Å². The van der Waals surface area contributed by atoms with Crippen molar-refractivity contribution in [3.05, 3.63) is 69.7 Å². The third kappa shape index (κ3) is 3.96. The van der Waals surface area contributed by atoms with Gasteiger partial charge in [-0.3, -0.25) is 0 Å². The van der Waals surface area contributed by atoms with Gasteiger partial charge in [0.25, 0.3) is 0 Å². The summed E-state index contributed by atoms with van der Waals surface area (Å²) in [4.78, 5) is 0. The minimum atomic E-state index is -2.04. The van der Waals surface area contributed by atoms with E-state index in [0.29, 0.717) is 22.9 Å². The van der Waals surface area contributed by atoms with E-state index in [2.05, 4.69) is 24.3 Å². The molecular weight excluding hydrogens is 380 g/mol. The molecule has 2 fully saturated rings. The number of aliphatic hydroxyl groups excluding tert-OH is 4. The Morgan fingerprint density at radius 2 is 1.64 bits per heavy atom. The van der Waals surface area contributed by atoms with Crippen LogP contribution >= 0.6 is 11.6 Å². The zero-order chi connectivity index (χ0) is 20.8. The fourth-order valence-corrected chi connectivity index (χ4v) is 3.84. The minimum Gasteiger partial charge on any atom is -0.394 e. The van der Waals surface area contributed by atoms with Gasteiger partial charge in [0.1, 0.15) is 30.5 Å². The molecule has 0 radical (unpaired) electrons. The Morgan fingerprint density at radius 1 is 0.964 bits per heavy atom. The Labute approximate surface area is 170 Å². The van der Waals surface area contributed by atoms with Gasteiger partial charge in [-0.1, -0.05) is 48.0 Å². The van der Waals surface area contributed by atoms with Crippen molar-refractivity contribution in [3.63, 3.8) is 0 Å². The summed E-state index contributed by atoms with van der Waals surface area (Å²) in [6.45, 7) is -0.584. The molecule has 28 heavy (non-hydrogen) atoms. The maximum Gasteiger partial charge on any atom is 0.113 e. The molecule has 2 aromatic rings. The molecule has 5 atom stereocenters. The topological polar surface area (TPSA) is 90.2 Å². The van der Waals surface area contributed by atoms with Gasteiger partial charge < -0.3 is 25.2 Å². The molecule has 2 aromatic carbocycles. The molecule has 1 saturated heterocycles. The van der Waals surface area contributed by atoms with Crippen LogP contribution in [0.4, 0.5) is 0 Å². The summed E-state index contributed by atoms with van der Waals surface area (Å²) >= 11 is 6.37. The number of aliphatic hydroxyl groups is 4. The Hall–Kier alpha value is -1.47. The summed E-state index contributed by atoms with van der Waals surface area (Å²) < 4.78 is 14.2. The Balaban J connectivity index is 1.61. The van der Waals surface area contributed by atoms with E-state index >= 15 is 0 Å². The van der Waals surface area contributed by atoms with Crippen molar-refractivity contribution in [1.29, 1.82) is 0 Å². The molecule has 0 amide bonds. The zero-order valence-electron chi connectivity index (χ0n) is 16.3. The first kappa shape index (κ1) is 18.6. The summed E-state index contributed by atoms with van der Waals surface area (Å²) in [5.41, 5.74) is 3.47. The van der Waals surface area contributed by atoms with E-state index in [1.54, 1.807) is 18.2 Å². The van der Waals surface area contributed by atoms with Crippen LogP contribution in [0.5, 0.6) is 0 Å². The zero-order valence-corrected chi connectivity index (χ0v) is 16.1. The van der Waals surface area contributed by atoms with E-state index in [4.69, 9.17) is 17.7 Å². The number of benzene rings is 2. The van der Waals surface area contributed by atoms with Gasteiger partial charge in [-0.2, -0.15) is 0 Å². The highest BCUT2D eigenvalue weighted by atomic mass is 35.5. The van der Waals surface area contributed by atoms with Crippen LogP contribution in [0.2, 0.25) is 5.02 Å². The van der Waals surface area contributed by atoms with Gasteiger partial charge in [0, 0.05) is 5.02 Å². The van der Waals surface area contributed by atoms with E-state index in [1.165, 1.54) is 18.4 Å². The largest absolute Gasteiger partial charge is 0.394 e. The third-order valence-corrected chi connectivity index (χ3v) is 5.90. The van der Waals surface area contributed by atoms with Gasteiger partial charge in [-0.05, 0) is 53.5 Å². The van der Waals surface area contributed by atoms with Crippen molar-refractivity contribution < 1.29 is 26.5 Å². The van der Waals surface area contributed by atoms with Crippen LogP contribution < -0.4 is 0 Å². The molecule has 150 valence electrons. The van der Waals surface area contributed by atoms with Gasteiger partial charge >= 0.3 is 0 Å². The fourth-order valence-electron chi connectivity index (χ4n) is 3.66. The molecule has 0 spiro atoms. The smallest absolute Gasteiger partial charge is 0.113 e. The molecule has 1 aliphatic heterocycles. The summed E-state index contributed by atoms with van der Waals surface area (Å²) in [6.07, 6.45) is -4.98. The van der Waals surface area contributed by atoms with E-state index in [-0.39, 0.29) is 0 Å². The van der Waals surface area contributed by atoms with Crippen LogP contribution in [0.15, 0.2) is 42.5 Å². The number of hydrogen-bond acceptors (Lipinski definition) is 5. The van der Waals surface area contributed by atoms with Crippen molar-refractivity contribution in [1.82, 2.24) is 0 Å². The highest BCUT2D eigenvalue weighted by Gasteiger charge is 2.44. The monoisotopic (exact) mass is 405 g/mol. The van der Waals surface area contributed by atoms with Gasteiger partial charge in [-0.15, -0.1) is 0 Å². The lowest BCUT2D eigenvalue weighted by Gasteiger charge is -2.40. The fraction of sp³-hybridized carbons (Fsp3) is 0.455. The lowest BCUT2D eigenvalue weighted by atomic mass is 9.90. The minimum absolute atomic E-state index is 0.295. The molecule has 5 nitrogen and oxygen atoms in total. The first-order valence-electron chi connectivity index (χ1n) is 10.0. The second-order valence-electron chi connectivity index (χ2n) is 7.63. The van der Waals surface area contributed by atoms with Crippen LogP contribution in [-0.2, 0) is 11.2 Å². The Morgan fingerprint density at radius 3 is 2.29 bits per heavy atom. The highest BCUT2D eigenvalue weighted by molar-refractivity contribution is 6.31. The average Bonchev–Trinajstić information content (AvgIpc) is 3.57. The summed E-state index contributed by atoms with van der Waals surface area (Å²) in [7, 11) is 0. The lowest BCUT2D eigenvalue weighted by Crippen LogP contribution is -2.55. The van der Waals surface area contributed by atoms with Crippen LogP contribution in [-0.4, -0.2) is 51.4 Å². The van der Waals surface area contributed by atoms with E-state index < -0.39 is 37.1 Å². The van der Waals surface area contributed by atoms with Crippen molar-refractivity contribution in [2.45, 2.75) is 55.7 Å². The quantitative estimate of drug-likeness (QED) is 0.613. The summed E-state index contributed by atoms with van der Waals surface area (Å²) in [5.74, 6) is 0.685. The van der Waals surface area contributed by atoms with Crippen LogP contribution in [0.3, 0.4) is 0 Å². The van der Waals surface area contributed by atoms with Gasteiger partial charge in [0.15, 0.2) is 0 Å². The first-order chi connectivity index (χ1) is 13.8. The Kier molecular flexibility index (Phi) is 5.37. The second kappa shape index (κ2) is 8.11. The molecule has 1 aliphatic carbocycles. The first-order valence-corrected chi connectivity index (χ1v) is 9.92. The molecule has 1 heterocycles. The van der Waals surface area contributed by atoms with E-state index in [1.807, 2.05) is 0 Å². The van der Waals surface area contributed by atoms with Crippen molar-refractivity contribution >= 4 is 11.6 Å². The molecule has 4 rings (SSSR count). The summed E-state index contributed by atoms with van der Waals surface area (Å²) in [5, 5.41) is 40.5. The van der Waals surface area contributed by atoms with Gasteiger partial charge in [0.05, 0.1) is 7.98 Å². The van der Waals surface area contributed by atoms with Crippen LogP contribution in [0, 0.1) is 0 Å². The molecule has 2 aliphatic rings. The van der Waals surface area contributed by atoms with Crippen LogP contribution in [0.25, 0.3) is 0 Å². The maximum absolute atomic E-state index is 10.4. The predicted octanol–water partition coefficient (Wildman–Crippen LogP) is 2.32. The molecule has 1 saturated carbocycles. The molecule has 0 aromatic heterocycles. The van der Waals surface area contributed by atoms with Crippen molar-refractivity contribution in [2.24, 2.45) is 0 Å². The SMILES string of the molecule is [2H][C@@]1(c2ccc(Cl)c(Cc3ccc(C4CC4)cc3)c2)O[C@H](CO)[C@@H](O)[C@H](O)[C@H]1O. The summed E-state index contributed by atoms with van der Waals surface area (Å²) in [6, 6.07) is 13.3. The second-order valence-corrected chi connectivity index (χ2v) is 8.04. The van der Waals surface area contributed by atoms with E-state index in [9.17, 15) is 20.4 Å². The molecule has 4 N–H and O–H groups in total. The number of ether oxygens (including phenoxy) is 1.